The molecule has 0 unspecified atom stereocenters. The minimum Gasteiger partial charge on any atom is -0.494 e. The molecule has 1 aromatic carbocycles. The molecule has 138 valence electrons. The highest BCUT2D eigenvalue weighted by molar-refractivity contribution is 5.90. The van der Waals surface area contributed by atoms with E-state index >= 15 is 0 Å². The Morgan fingerprint density at radius 3 is 2.46 bits per heavy atom. The number of allylic oxidation sites excluding steroid dienone is 4. The van der Waals surface area contributed by atoms with E-state index in [1.54, 1.807) is 24.3 Å². The van der Waals surface area contributed by atoms with Crippen LogP contribution >= 0.6 is 0 Å². The summed E-state index contributed by atoms with van der Waals surface area (Å²) in [6, 6.07) is 6.86. The molecule has 5 heteroatoms. The van der Waals surface area contributed by atoms with E-state index in [2.05, 4.69) is 13.5 Å². The van der Waals surface area contributed by atoms with Crippen LogP contribution in [-0.4, -0.2) is 25.2 Å². The second-order valence-electron chi connectivity index (χ2n) is 5.99. The number of ether oxygens (including phenoxy) is 3. The van der Waals surface area contributed by atoms with Crippen molar-refractivity contribution in [1.29, 1.82) is 0 Å². The summed E-state index contributed by atoms with van der Waals surface area (Å²) in [6.45, 7) is 6.25. The summed E-state index contributed by atoms with van der Waals surface area (Å²) in [4.78, 5) is 23.0. The van der Waals surface area contributed by atoms with Crippen molar-refractivity contribution in [2.45, 2.75) is 32.6 Å². The second kappa shape index (κ2) is 10.2. The average Bonchev–Trinajstić information content (AvgIpc) is 2.66. The molecule has 0 amide bonds. The maximum absolute atomic E-state index is 12.1. The summed E-state index contributed by atoms with van der Waals surface area (Å²) in [5.41, 5.74) is 1.77. The van der Waals surface area contributed by atoms with Gasteiger partial charge in [-0.25, -0.2) is 9.59 Å². The van der Waals surface area contributed by atoms with Crippen LogP contribution < -0.4 is 4.74 Å². The Labute approximate surface area is 153 Å². The Morgan fingerprint density at radius 2 is 1.81 bits per heavy atom. The van der Waals surface area contributed by atoms with Gasteiger partial charge in [-0.3, -0.25) is 0 Å². The van der Waals surface area contributed by atoms with E-state index in [-0.39, 0.29) is 5.97 Å². The predicted molar refractivity (Wildman–Crippen MR) is 98.8 cm³/mol. The fourth-order valence-electron chi connectivity index (χ4n) is 2.30. The molecule has 1 aliphatic carbocycles. The number of unbranched alkanes of at least 4 members (excludes halogenated alkanes) is 1. The highest BCUT2D eigenvalue weighted by Crippen LogP contribution is 2.20. The molecule has 0 N–H and O–H groups in total. The van der Waals surface area contributed by atoms with E-state index in [1.165, 1.54) is 5.57 Å². The molecule has 0 spiro atoms. The van der Waals surface area contributed by atoms with Crippen LogP contribution in [-0.2, 0) is 14.3 Å². The number of hydrogen-bond acceptors (Lipinski definition) is 5. The van der Waals surface area contributed by atoms with Crippen LogP contribution in [0, 0.1) is 0 Å². The zero-order chi connectivity index (χ0) is 18.8. The topological polar surface area (TPSA) is 61.8 Å². The molecule has 0 atom stereocenters. The lowest BCUT2D eigenvalue weighted by molar-refractivity contribution is -0.137. The van der Waals surface area contributed by atoms with E-state index in [4.69, 9.17) is 14.2 Å². The molecule has 0 radical (unpaired) electrons. The van der Waals surface area contributed by atoms with Crippen LogP contribution in [0.25, 0.3) is 0 Å². The Morgan fingerprint density at radius 1 is 1.08 bits per heavy atom. The summed E-state index contributed by atoms with van der Waals surface area (Å²) in [7, 11) is 0. The Hall–Kier alpha value is -2.82. The van der Waals surface area contributed by atoms with Crippen molar-refractivity contribution >= 4 is 11.9 Å². The molecule has 0 bridgehead atoms. The lowest BCUT2D eigenvalue weighted by Crippen LogP contribution is -2.07. The van der Waals surface area contributed by atoms with Crippen molar-refractivity contribution in [3.8, 4) is 5.75 Å². The minimum absolute atomic E-state index is 0.351. The first-order chi connectivity index (χ1) is 12.6. The summed E-state index contributed by atoms with van der Waals surface area (Å²) in [5, 5.41) is 0. The van der Waals surface area contributed by atoms with Gasteiger partial charge < -0.3 is 14.2 Å². The Balaban J connectivity index is 1.71. The van der Waals surface area contributed by atoms with Crippen LogP contribution in [0.5, 0.6) is 5.75 Å². The van der Waals surface area contributed by atoms with E-state index in [0.717, 1.165) is 25.3 Å². The fourth-order valence-corrected chi connectivity index (χ4v) is 2.30. The molecule has 0 saturated heterocycles. The molecular formula is C21H24O5. The number of hydrogen-bond donors (Lipinski definition) is 0. The molecule has 26 heavy (non-hydrogen) atoms. The number of carbonyl (C=O) groups excluding carboxylic acids is 2. The second-order valence-corrected chi connectivity index (χ2v) is 5.99. The molecule has 5 nitrogen and oxygen atoms in total. The summed E-state index contributed by atoms with van der Waals surface area (Å²) >= 11 is 0. The minimum atomic E-state index is -0.413. The predicted octanol–water partition coefficient (Wildman–Crippen LogP) is 4.36. The van der Waals surface area contributed by atoms with Crippen molar-refractivity contribution in [3.63, 3.8) is 0 Å². The van der Waals surface area contributed by atoms with Gasteiger partial charge in [0.05, 0.1) is 18.8 Å². The number of rotatable bonds is 9. The van der Waals surface area contributed by atoms with E-state index in [0.29, 0.717) is 36.7 Å². The standard InChI is InChI=1S/C21H24O5/c1-3-20(22)25-15-5-4-14-24-18-12-8-17(9-13-18)21(23)26-19-10-6-16(2)7-11-19/h3,6,8-10,12-13H,1,4-5,7,11,14-15H2,2H3. The van der Waals surface area contributed by atoms with Crippen molar-refractivity contribution in [3.05, 3.63) is 66.0 Å². The molecule has 0 aromatic heterocycles. The van der Waals surface area contributed by atoms with Crippen molar-refractivity contribution < 1.29 is 23.8 Å². The summed E-state index contributed by atoms with van der Waals surface area (Å²) < 4.78 is 15.9. The highest BCUT2D eigenvalue weighted by atomic mass is 16.5. The van der Waals surface area contributed by atoms with E-state index < -0.39 is 5.97 Å². The largest absolute Gasteiger partial charge is 0.494 e. The van der Waals surface area contributed by atoms with Crippen molar-refractivity contribution in [2.24, 2.45) is 0 Å². The van der Waals surface area contributed by atoms with Gasteiger partial charge in [0.25, 0.3) is 0 Å². The quantitative estimate of drug-likeness (QED) is 0.374. The van der Waals surface area contributed by atoms with Crippen molar-refractivity contribution in [2.75, 3.05) is 13.2 Å². The van der Waals surface area contributed by atoms with Crippen LogP contribution in [0.4, 0.5) is 0 Å². The first kappa shape index (κ1) is 19.5. The molecule has 0 heterocycles. The zero-order valence-corrected chi connectivity index (χ0v) is 15.0. The van der Waals surface area contributed by atoms with E-state index in [1.807, 2.05) is 12.2 Å². The molecule has 2 rings (SSSR count). The van der Waals surface area contributed by atoms with Gasteiger partial charge >= 0.3 is 11.9 Å². The van der Waals surface area contributed by atoms with Crippen molar-refractivity contribution in [1.82, 2.24) is 0 Å². The molecule has 0 fully saturated rings. The monoisotopic (exact) mass is 356 g/mol. The van der Waals surface area contributed by atoms with Crippen LogP contribution in [0.2, 0.25) is 0 Å². The molecule has 1 aliphatic rings. The molecule has 0 aliphatic heterocycles. The third-order valence-electron chi connectivity index (χ3n) is 3.85. The van der Waals surface area contributed by atoms with Gasteiger partial charge in [-0.2, -0.15) is 0 Å². The number of benzene rings is 1. The average molecular weight is 356 g/mol. The highest BCUT2D eigenvalue weighted by Gasteiger charge is 2.12. The van der Waals surface area contributed by atoms with Gasteiger partial charge in [-0.1, -0.05) is 18.2 Å². The number of carbonyl (C=O) groups is 2. The SMILES string of the molecule is C=CC(=O)OCCCCOc1ccc(C(=O)OC2=CC=C(C)CC2)cc1. The van der Waals surface area contributed by atoms with Gasteiger partial charge in [-0.05, 0) is 56.5 Å². The van der Waals surface area contributed by atoms with Gasteiger partial charge in [0.15, 0.2) is 0 Å². The fraction of sp³-hybridized carbons (Fsp3) is 0.333. The zero-order valence-electron chi connectivity index (χ0n) is 15.0. The van der Waals surface area contributed by atoms with Crippen LogP contribution in [0.15, 0.2) is 60.4 Å². The van der Waals surface area contributed by atoms with Gasteiger partial charge in [0.1, 0.15) is 11.5 Å². The lowest BCUT2D eigenvalue weighted by Gasteiger charge is -2.12. The first-order valence-corrected chi connectivity index (χ1v) is 8.69. The van der Waals surface area contributed by atoms with Crippen LogP contribution in [0.1, 0.15) is 43.0 Å². The maximum atomic E-state index is 12.1. The first-order valence-electron chi connectivity index (χ1n) is 8.69. The number of esters is 2. The van der Waals surface area contributed by atoms with Gasteiger partial charge in [-0.15, -0.1) is 0 Å². The van der Waals surface area contributed by atoms with Gasteiger partial charge in [0, 0.05) is 12.5 Å². The third-order valence-corrected chi connectivity index (χ3v) is 3.85. The third kappa shape index (κ3) is 6.59. The smallest absolute Gasteiger partial charge is 0.343 e. The normalized spacial score (nSPS) is 13.3. The molecule has 1 aromatic rings. The van der Waals surface area contributed by atoms with Gasteiger partial charge in [0.2, 0.25) is 0 Å². The lowest BCUT2D eigenvalue weighted by atomic mass is 10.1. The Bertz CT molecular complexity index is 698. The summed E-state index contributed by atoms with van der Waals surface area (Å²) in [5.74, 6) is 0.599. The molecular weight excluding hydrogens is 332 g/mol. The summed E-state index contributed by atoms with van der Waals surface area (Å²) in [6.07, 6.45) is 8.10. The van der Waals surface area contributed by atoms with Crippen LogP contribution in [0.3, 0.4) is 0 Å². The Kier molecular flexibility index (Phi) is 7.68. The maximum Gasteiger partial charge on any atom is 0.343 e. The molecule has 0 saturated carbocycles. The van der Waals surface area contributed by atoms with E-state index in [9.17, 15) is 9.59 Å².